The lowest BCUT2D eigenvalue weighted by Crippen LogP contribution is -2.36. The molecule has 0 spiro atoms. The van der Waals surface area contributed by atoms with Crippen molar-refractivity contribution in [1.29, 1.82) is 5.26 Å². The Morgan fingerprint density at radius 2 is 2.14 bits per heavy atom. The van der Waals surface area contributed by atoms with Gasteiger partial charge in [-0.3, -0.25) is 10.1 Å². The van der Waals surface area contributed by atoms with Crippen LogP contribution in [0.25, 0.3) is 11.3 Å². The third-order valence-electron chi connectivity index (χ3n) is 6.28. The Balaban J connectivity index is 1.21. The zero-order chi connectivity index (χ0) is 25.6. The second kappa shape index (κ2) is 11.4. The second-order valence-corrected chi connectivity index (χ2v) is 10.0. The number of aromatic nitrogens is 4. The molecule has 0 unspecified atom stereocenters. The minimum Gasteiger partial charge on any atom is -0.383 e. The maximum Gasteiger partial charge on any atom is 0.257 e. The molecule has 2 aromatic carbocycles. The van der Waals surface area contributed by atoms with Crippen LogP contribution in [0.5, 0.6) is 0 Å². The van der Waals surface area contributed by atoms with Crippen LogP contribution in [0.15, 0.2) is 54.7 Å². The average Bonchev–Trinajstić information content (AvgIpc) is 3.55. The van der Waals surface area contributed by atoms with Gasteiger partial charge in [-0.1, -0.05) is 29.5 Å². The number of hydrogen-bond acceptors (Lipinski definition) is 8. The average molecular weight is 514 g/mol. The predicted molar refractivity (Wildman–Crippen MR) is 141 cm³/mol. The molecule has 0 fully saturated rings. The summed E-state index contributed by atoms with van der Waals surface area (Å²) in [5.41, 5.74) is 4.81. The van der Waals surface area contributed by atoms with E-state index < -0.39 is 0 Å². The van der Waals surface area contributed by atoms with Crippen molar-refractivity contribution >= 4 is 22.4 Å². The highest BCUT2D eigenvalue weighted by atomic mass is 32.1. The number of ether oxygens (including phenoxy) is 1. The zero-order valence-electron chi connectivity index (χ0n) is 20.5. The molecule has 0 aliphatic heterocycles. The molecule has 1 atom stereocenters. The van der Waals surface area contributed by atoms with Crippen molar-refractivity contribution in [1.82, 2.24) is 25.3 Å². The Morgan fingerprint density at radius 3 is 2.95 bits per heavy atom. The van der Waals surface area contributed by atoms with Gasteiger partial charge in [0.05, 0.1) is 36.7 Å². The molecule has 2 N–H and O–H groups in total. The third-order valence-corrected chi connectivity index (χ3v) is 7.32. The molecular formula is C27H27N7O2S. The number of aryl methyl sites for hydroxylation is 1. The van der Waals surface area contributed by atoms with Crippen LogP contribution < -0.4 is 10.6 Å². The zero-order valence-corrected chi connectivity index (χ0v) is 21.3. The van der Waals surface area contributed by atoms with Gasteiger partial charge in [0, 0.05) is 35.7 Å². The summed E-state index contributed by atoms with van der Waals surface area (Å²) < 4.78 is 6.86. The number of amides is 1. The lowest BCUT2D eigenvalue weighted by atomic mass is 9.98. The molecule has 1 aliphatic carbocycles. The maximum absolute atomic E-state index is 13.0. The van der Waals surface area contributed by atoms with Gasteiger partial charge in [-0.2, -0.15) is 5.26 Å². The summed E-state index contributed by atoms with van der Waals surface area (Å²) in [6, 6.07) is 17.2. The van der Waals surface area contributed by atoms with Crippen LogP contribution in [0.2, 0.25) is 0 Å². The molecule has 2 heterocycles. The van der Waals surface area contributed by atoms with E-state index in [0.29, 0.717) is 35.5 Å². The molecule has 5 rings (SSSR count). The largest absolute Gasteiger partial charge is 0.383 e. The van der Waals surface area contributed by atoms with Gasteiger partial charge in [0.2, 0.25) is 0 Å². The summed E-state index contributed by atoms with van der Waals surface area (Å²) in [6.45, 7) is 2.01. The lowest BCUT2D eigenvalue weighted by Gasteiger charge is -2.22. The van der Waals surface area contributed by atoms with Crippen molar-refractivity contribution in [2.24, 2.45) is 0 Å². The SMILES string of the molecule is COCCN[C@@H]1CCc2nc(NC(=O)c3cccc(Cn4cc(-c5ccc(C#N)cc5)nn4)c3)sc2C1. The quantitative estimate of drug-likeness (QED) is 0.328. The minimum atomic E-state index is -0.181. The topological polar surface area (TPSA) is 118 Å². The molecule has 4 aromatic rings. The van der Waals surface area contributed by atoms with E-state index in [9.17, 15) is 4.79 Å². The number of rotatable bonds is 9. The first-order chi connectivity index (χ1) is 18.1. The number of benzene rings is 2. The molecule has 37 heavy (non-hydrogen) atoms. The van der Waals surface area contributed by atoms with Gasteiger partial charge in [0.1, 0.15) is 5.69 Å². The van der Waals surface area contributed by atoms with E-state index in [1.807, 2.05) is 36.5 Å². The molecule has 1 amide bonds. The number of thiazole rings is 1. The molecule has 0 radical (unpaired) electrons. The van der Waals surface area contributed by atoms with Crippen molar-refractivity contribution < 1.29 is 9.53 Å². The van der Waals surface area contributed by atoms with E-state index in [2.05, 4.69) is 32.0 Å². The predicted octanol–water partition coefficient (Wildman–Crippen LogP) is 3.67. The van der Waals surface area contributed by atoms with E-state index in [4.69, 9.17) is 10.00 Å². The highest BCUT2D eigenvalue weighted by Crippen LogP contribution is 2.30. The van der Waals surface area contributed by atoms with Crippen LogP contribution in [-0.2, 0) is 24.1 Å². The Morgan fingerprint density at radius 1 is 1.27 bits per heavy atom. The van der Waals surface area contributed by atoms with Crippen molar-refractivity contribution in [2.45, 2.75) is 31.8 Å². The second-order valence-electron chi connectivity index (χ2n) is 8.92. The fourth-order valence-electron chi connectivity index (χ4n) is 4.36. The summed E-state index contributed by atoms with van der Waals surface area (Å²) in [6.07, 6.45) is 4.71. The Labute approximate surface area is 219 Å². The summed E-state index contributed by atoms with van der Waals surface area (Å²) in [5, 5.41) is 24.6. The number of anilines is 1. The smallest absolute Gasteiger partial charge is 0.257 e. The standard InChI is InChI=1S/C27H27N7O2S/c1-36-12-11-29-22-9-10-23-25(14-22)37-27(30-23)31-26(35)21-4-2-3-19(13-21)16-34-17-24(32-33-34)20-7-5-18(15-28)6-8-20/h2-8,13,17,22,29H,9-12,14,16H2,1H3,(H,30,31,35)/t22-/m1/s1. The summed E-state index contributed by atoms with van der Waals surface area (Å²) in [5.74, 6) is -0.181. The van der Waals surface area contributed by atoms with Gasteiger partial charge in [-0.15, -0.1) is 16.4 Å². The highest BCUT2D eigenvalue weighted by molar-refractivity contribution is 7.15. The van der Waals surface area contributed by atoms with Crippen LogP contribution in [-0.4, -0.2) is 52.2 Å². The maximum atomic E-state index is 13.0. The number of hydrogen-bond donors (Lipinski definition) is 2. The van der Waals surface area contributed by atoms with Crippen LogP contribution in [0.1, 0.15) is 38.5 Å². The summed E-state index contributed by atoms with van der Waals surface area (Å²) in [7, 11) is 1.71. The molecule has 2 aromatic heterocycles. The van der Waals surface area contributed by atoms with Crippen LogP contribution in [0, 0.1) is 11.3 Å². The normalized spacial score (nSPS) is 14.6. The van der Waals surface area contributed by atoms with Crippen LogP contribution in [0.4, 0.5) is 5.13 Å². The van der Waals surface area contributed by atoms with Gasteiger partial charge in [-0.05, 0) is 49.1 Å². The van der Waals surface area contributed by atoms with E-state index in [-0.39, 0.29) is 5.91 Å². The van der Waals surface area contributed by atoms with Crippen molar-refractivity contribution in [3.63, 3.8) is 0 Å². The fourth-order valence-corrected chi connectivity index (χ4v) is 5.44. The molecule has 188 valence electrons. The van der Waals surface area contributed by atoms with E-state index in [1.165, 1.54) is 4.88 Å². The number of fused-ring (bicyclic) bond motifs is 1. The lowest BCUT2D eigenvalue weighted by molar-refractivity contribution is 0.102. The highest BCUT2D eigenvalue weighted by Gasteiger charge is 2.23. The molecule has 1 aliphatic rings. The fraction of sp³-hybridized carbons (Fsp3) is 0.296. The first-order valence-corrected chi connectivity index (χ1v) is 12.9. The Hall–Kier alpha value is -3.91. The summed E-state index contributed by atoms with van der Waals surface area (Å²) >= 11 is 1.56. The molecular weight excluding hydrogens is 486 g/mol. The minimum absolute atomic E-state index is 0.181. The van der Waals surface area contributed by atoms with Gasteiger partial charge >= 0.3 is 0 Å². The first kappa shape index (κ1) is 24.8. The number of carbonyl (C=O) groups is 1. The first-order valence-electron chi connectivity index (χ1n) is 12.1. The molecule has 9 nitrogen and oxygen atoms in total. The van der Waals surface area contributed by atoms with Gasteiger partial charge in [0.15, 0.2) is 5.13 Å². The number of carbonyl (C=O) groups excluding carboxylic acids is 1. The Kier molecular flexibility index (Phi) is 7.65. The Bertz CT molecular complexity index is 1420. The number of methoxy groups -OCH3 is 1. The summed E-state index contributed by atoms with van der Waals surface area (Å²) in [4.78, 5) is 18.9. The molecule has 0 saturated carbocycles. The van der Waals surface area contributed by atoms with Crippen molar-refractivity contribution in [3.05, 3.63) is 82.0 Å². The number of nitriles is 1. The van der Waals surface area contributed by atoms with E-state index in [1.54, 1.807) is 41.3 Å². The van der Waals surface area contributed by atoms with Crippen molar-refractivity contribution in [3.8, 4) is 17.3 Å². The third kappa shape index (κ3) is 6.09. The monoisotopic (exact) mass is 513 g/mol. The molecule has 0 saturated heterocycles. The van der Waals surface area contributed by atoms with E-state index in [0.717, 1.165) is 48.3 Å². The number of nitrogens with one attached hydrogen (secondary N) is 2. The number of nitrogens with zero attached hydrogens (tertiary/aromatic N) is 5. The molecule has 10 heteroatoms. The van der Waals surface area contributed by atoms with Gasteiger partial charge in [0.25, 0.3) is 5.91 Å². The van der Waals surface area contributed by atoms with Gasteiger partial charge < -0.3 is 10.1 Å². The van der Waals surface area contributed by atoms with Crippen LogP contribution in [0.3, 0.4) is 0 Å². The van der Waals surface area contributed by atoms with E-state index >= 15 is 0 Å². The van der Waals surface area contributed by atoms with Gasteiger partial charge in [-0.25, -0.2) is 9.67 Å². The molecule has 0 bridgehead atoms. The van der Waals surface area contributed by atoms with Crippen LogP contribution >= 0.6 is 11.3 Å². The van der Waals surface area contributed by atoms with Crippen molar-refractivity contribution in [2.75, 3.05) is 25.6 Å².